The van der Waals surface area contributed by atoms with Crippen LogP contribution in [0.25, 0.3) is 0 Å². The van der Waals surface area contributed by atoms with Gasteiger partial charge in [0.2, 0.25) is 0 Å². The maximum atomic E-state index is 12.5. The van der Waals surface area contributed by atoms with Gasteiger partial charge in [-0.25, -0.2) is 0 Å². The number of carbonyl (C=O) groups excluding carboxylic acids is 1. The molecule has 5 heteroatoms. The van der Waals surface area contributed by atoms with Crippen LogP contribution in [0.4, 0.5) is 0 Å². The zero-order valence-corrected chi connectivity index (χ0v) is 14.1. The van der Waals surface area contributed by atoms with E-state index in [4.69, 9.17) is 11.6 Å². The number of halogens is 1. The highest BCUT2D eigenvalue weighted by Gasteiger charge is 2.14. The average molecular weight is 340 g/mol. The van der Waals surface area contributed by atoms with Crippen molar-refractivity contribution in [1.29, 1.82) is 0 Å². The Balaban J connectivity index is 1.68. The van der Waals surface area contributed by atoms with Gasteiger partial charge in [-0.1, -0.05) is 60.1 Å². The molecule has 0 radical (unpaired) electrons. The number of nitrogens with zero attached hydrogens (tertiary/aromatic N) is 3. The van der Waals surface area contributed by atoms with Crippen LogP contribution in [0, 0.1) is 0 Å². The molecule has 3 aromatic rings. The summed E-state index contributed by atoms with van der Waals surface area (Å²) in [6, 6.07) is 17.5. The van der Waals surface area contributed by atoms with Crippen LogP contribution in [0.5, 0.6) is 0 Å². The van der Waals surface area contributed by atoms with E-state index in [1.165, 1.54) is 0 Å². The molecule has 0 aliphatic carbocycles. The molecule has 0 N–H and O–H groups in total. The summed E-state index contributed by atoms with van der Waals surface area (Å²) in [7, 11) is 1.79. The van der Waals surface area contributed by atoms with E-state index < -0.39 is 0 Å². The van der Waals surface area contributed by atoms with Crippen LogP contribution in [-0.4, -0.2) is 27.6 Å². The third-order valence-corrected chi connectivity index (χ3v) is 4.15. The minimum Gasteiger partial charge on any atom is -0.337 e. The number of rotatable bonds is 5. The van der Waals surface area contributed by atoms with Gasteiger partial charge < -0.3 is 4.90 Å². The van der Waals surface area contributed by atoms with Gasteiger partial charge in [-0.05, 0) is 17.2 Å². The van der Waals surface area contributed by atoms with Gasteiger partial charge in [0, 0.05) is 24.8 Å². The molecule has 24 heavy (non-hydrogen) atoms. The van der Waals surface area contributed by atoms with Crippen molar-refractivity contribution < 1.29 is 4.79 Å². The lowest BCUT2D eigenvalue weighted by Crippen LogP contribution is -2.25. The van der Waals surface area contributed by atoms with Crippen molar-refractivity contribution in [2.24, 2.45) is 0 Å². The van der Waals surface area contributed by atoms with Crippen LogP contribution < -0.4 is 0 Å². The number of aromatic nitrogens is 2. The summed E-state index contributed by atoms with van der Waals surface area (Å²) in [6.45, 7) is 1.10. The predicted molar refractivity (Wildman–Crippen MR) is 95.0 cm³/mol. The first-order valence-corrected chi connectivity index (χ1v) is 8.06. The molecule has 1 aromatic heterocycles. The van der Waals surface area contributed by atoms with Crippen LogP contribution in [0.1, 0.15) is 21.5 Å². The Labute approximate surface area is 146 Å². The molecule has 122 valence electrons. The van der Waals surface area contributed by atoms with Gasteiger partial charge in [-0.15, -0.1) is 0 Å². The molecule has 0 bridgehead atoms. The largest absolute Gasteiger partial charge is 0.337 e. The topological polar surface area (TPSA) is 38.1 Å². The number of benzene rings is 2. The SMILES string of the molecule is CN(Cc1ccccc1)C(=O)c1cnn(Cc2ccccc2Cl)c1. The normalized spacial score (nSPS) is 10.6. The monoisotopic (exact) mass is 339 g/mol. The molecule has 4 nitrogen and oxygen atoms in total. The van der Waals surface area contributed by atoms with Crippen molar-refractivity contribution in [3.63, 3.8) is 0 Å². The molecule has 0 saturated carbocycles. The number of hydrogen-bond donors (Lipinski definition) is 0. The second-order valence-corrected chi connectivity index (χ2v) is 6.07. The fraction of sp³-hybridized carbons (Fsp3) is 0.158. The van der Waals surface area contributed by atoms with Crippen LogP contribution >= 0.6 is 11.6 Å². The van der Waals surface area contributed by atoms with Gasteiger partial charge in [-0.2, -0.15) is 5.10 Å². The lowest BCUT2D eigenvalue weighted by molar-refractivity contribution is 0.0785. The molecule has 0 aliphatic heterocycles. The maximum absolute atomic E-state index is 12.5. The molecular formula is C19H18ClN3O. The molecule has 1 amide bonds. The van der Waals surface area contributed by atoms with E-state index in [0.717, 1.165) is 11.1 Å². The van der Waals surface area contributed by atoms with Crippen molar-refractivity contribution >= 4 is 17.5 Å². The van der Waals surface area contributed by atoms with E-state index in [1.54, 1.807) is 29.0 Å². The molecule has 0 unspecified atom stereocenters. The van der Waals surface area contributed by atoms with E-state index in [2.05, 4.69) is 5.10 Å². The first-order chi connectivity index (χ1) is 11.6. The van der Waals surface area contributed by atoms with E-state index in [1.807, 2.05) is 54.6 Å². The Kier molecular flexibility index (Phi) is 4.96. The highest BCUT2D eigenvalue weighted by Crippen LogP contribution is 2.16. The summed E-state index contributed by atoms with van der Waals surface area (Å²) < 4.78 is 1.73. The van der Waals surface area contributed by atoms with Crippen molar-refractivity contribution in [2.45, 2.75) is 13.1 Å². The molecule has 0 saturated heterocycles. The minimum atomic E-state index is -0.0516. The van der Waals surface area contributed by atoms with Gasteiger partial charge >= 0.3 is 0 Å². The van der Waals surface area contributed by atoms with Gasteiger partial charge in [0.15, 0.2) is 0 Å². The lowest BCUT2D eigenvalue weighted by atomic mass is 10.2. The first kappa shape index (κ1) is 16.3. The van der Waals surface area contributed by atoms with E-state index >= 15 is 0 Å². The Morgan fingerprint density at radius 2 is 1.83 bits per heavy atom. The summed E-state index contributed by atoms with van der Waals surface area (Å²) >= 11 is 6.17. The third-order valence-electron chi connectivity index (χ3n) is 3.78. The van der Waals surface area contributed by atoms with Crippen molar-refractivity contribution in [3.05, 3.63) is 88.7 Å². The van der Waals surface area contributed by atoms with Crippen molar-refractivity contribution in [3.8, 4) is 0 Å². The quantitative estimate of drug-likeness (QED) is 0.708. The molecular weight excluding hydrogens is 322 g/mol. The molecule has 0 fully saturated rings. The molecule has 0 aliphatic rings. The minimum absolute atomic E-state index is 0.0516. The molecule has 0 atom stereocenters. The third kappa shape index (κ3) is 3.84. The van der Waals surface area contributed by atoms with Crippen molar-refractivity contribution in [2.75, 3.05) is 7.05 Å². The average Bonchev–Trinajstić information content (AvgIpc) is 3.05. The molecule has 2 aromatic carbocycles. The Bertz CT molecular complexity index is 829. The highest BCUT2D eigenvalue weighted by molar-refractivity contribution is 6.31. The summed E-state index contributed by atoms with van der Waals surface area (Å²) in [5, 5.41) is 4.97. The van der Waals surface area contributed by atoms with Crippen LogP contribution in [0.15, 0.2) is 67.0 Å². The molecule has 3 rings (SSSR count). The Morgan fingerprint density at radius 3 is 2.58 bits per heavy atom. The fourth-order valence-electron chi connectivity index (χ4n) is 2.51. The summed E-state index contributed by atoms with van der Waals surface area (Å²) in [5.74, 6) is -0.0516. The van der Waals surface area contributed by atoms with Gasteiger partial charge in [0.1, 0.15) is 0 Å². The molecule has 1 heterocycles. The Morgan fingerprint density at radius 1 is 1.12 bits per heavy atom. The smallest absolute Gasteiger partial charge is 0.257 e. The summed E-state index contributed by atoms with van der Waals surface area (Å²) in [6.07, 6.45) is 3.35. The van der Waals surface area contributed by atoms with E-state index in [0.29, 0.717) is 23.7 Å². The predicted octanol–water partition coefficient (Wildman–Crippen LogP) is 3.86. The second-order valence-electron chi connectivity index (χ2n) is 5.66. The van der Waals surface area contributed by atoms with Gasteiger partial charge in [-0.3, -0.25) is 9.48 Å². The van der Waals surface area contributed by atoms with E-state index in [-0.39, 0.29) is 5.91 Å². The Hall–Kier alpha value is -2.59. The zero-order valence-electron chi connectivity index (χ0n) is 13.4. The second kappa shape index (κ2) is 7.32. The number of hydrogen-bond acceptors (Lipinski definition) is 2. The van der Waals surface area contributed by atoms with Crippen LogP contribution in [0.2, 0.25) is 5.02 Å². The zero-order chi connectivity index (χ0) is 16.9. The standard InChI is InChI=1S/C19H18ClN3O/c1-22(12-15-7-3-2-4-8-15)19(24)17-11-21-23(14-17)13-16-9-5-6-10-18(16)20/h2-11,14H,12-13H2,1H3. The molecule has 0 spiro atoms. The van der Waals surface area contributed by atoms with Gasteiger partial charge in [0.05, 0.1) is 18.3 Å². The first-order valence-electron chi connectivity index (χ1n) is 7.69. The highest BCUT2D eigenvalue weighted by atomic mass is 35.5. The van der Waals surface area contributed by atoms with Gasteiger partial charge in [0.25, 0.3) is 5.91 Å². The fourth-order valence-corrected chi connectivity index (χ4v) is 2.71. The lowest BCUT2D eigenvalue weighted by Gasteiger charge is -2.16. The van der Waals surface area contributed by atoms with E-state index in [9.17, 15) is 4.79 Å². The maximum Gasteiger partial charge on any atom is 0.257 e. The van der Waals surface area contributed by atoms with Crippen LogP contribution in [0.3, 0.4) is 0 Å². The van der Waals surface area contributed by atoms with Crippen molar-refractivity contribution in [1.82, 2.24) is 14.7 Å². The summed E-state index contributed by atoms with van der Waals surface area (Å²) in [4.78, 5) is 14.2. The van der Waals surface area contributed by atoms with Crippen LogP contribution in [-0.2, 0) is 13.1 Å². The number of amides is 1. The summed E-state index contributed by atoms with van der Waals surface area (Å²) in [5.41, 5.74) is 2.64. The number of carbonyl (C=O) groups is 1.